The zero-order valence-electron chi connectivity index (χ0n) is 77.4. The molecule has 5 heterocycles. The highest BCUT2D eigenvalue weighted by atomic mass is 16.5. The van der Waals surface area contributed by atoms with Crippen LogP contribution < -0.4 is 75.7 Å². The summed E-state index contributed by atoms with van der Waals surface area (Å²) in [5, 5.41) is 88.9. The van der Waals surface area contributed by atoms with Crippen LogP contribution in [-0.4, -0.2) is 339 Å². The summed E-state index contributed by atoms with van der Waals surface area (Å²) in [4.78, 5) is 219. The fourth-order valence-corrected chi connectivity index (χ4v) is 16.8. The van der Waals surface area contributed by atoms with Gasteiger partial charge in [-0.2, -0.15) is 0 Å². The Labute approximate surface area is 805 Å². The lowest BCUT2D eigenvalue weighted by molar-refractivity contribution is -0.142. The molecule has 2 fully saturated rings. The number of carboxylic acids is 3. The van der Waals surface area contributed by atoms with Crippen molar-refractivity contribution in [2.24, 2.45) is 17.2 Å². The van der Waals surface area contributed by atoms with Crippen molar-refractivity contribution in [1.29, 1.82) is 10.8 Å². The van der Waals surface area contributed by atoms with Gasteiger partial charge >= 0.3 is 17.9 Å². The Morgan fingerprint density at radius 2 is 0.900 bits per heavy atom. The summed E-state index contributed by atoms with van der Waals surface area (Å²) in [6.45, 7) is -1.19. The van der Waals surface area contributed by atoms with Gasteiger partial charge in [-0.15, -0.1) is 0 Å². The molecule has 0 bridgehead atoms. The van der Waals surface area contributed by atoms with E-state index in [9.17, 15) is 63.6 Å². The molecule has 9 aromatic rings. The van der Waals surface area contributed by atoms with Crippen LogP contribution in [-0.2, 0) is 99.2 Å². The van der Waals surface area contributed by atoms with Gasteiger partial charge in [-0.05, 0) is 90.1 Å². The number of aliphatic hydroxyl groups excluding tert-OH is 1. The zero-order chi connectivity index (χ0) is 100. The molecule has 44 nitrogen and oxygen atoms in total. The van der Waals surface area contributed by atoms with Crippen LogP contribution in [0.15, 0.2) is 171 Å². The summed E-state index contributed by atoms with van der Waals surface area (Å²) in [6.07, 6.45) is 5.35. The maximum atomic E-state index is 15.7. The predicted octanol–water partition coefficient (Wildman–Crippen LogP) is -1.82. The summed E-state index contributed by atoms with van der Waals surface area (Å²) in [6, 6.07) is 29.1. The van der Waals surface area contributed by atoms with E-state index in [1.54, 1.807) is 135 Å². The molecule has 3 aromatic heterocycles. The highest BCUT2D eigenvalue weighted by Crippen LogP contribution is 2.26. The third-order valence-corrected chi connectivity index (χ3v) is 24.2. The lowest BCUT2D eigenvalue weighted by Gasteiger charge is -2.32. The zero-order valence-corrected chi connectivity index (χ0v) is 77.4. The first kappa shape index (κ1) is 105. The van der Waals surface area contributed by atoms with Gasteiger partial charge < -0.3 is 121 Å². The van der Waals surface area contributed by atoms with E-state index in [1.165, 1.54) is 17.4 Å². The number of benzene rings is 6. The number of hydrogen-bond donors (Lipinski definition) is 23. The minimum atomic E-state index is -1.86. The number of carboxylic acid groups (broad SMARTS) is 3. The fourth-order valence-electron chi connectivity index (χ4n) is 16.8. The minimum absolute atomic E-state index is 0.0190. The maximum Gasteiger partial charge on any atom is 0.317 e. The third kappa shape index (κ3) is 32.5. The molecule has 6 aromatic carbocycles. The SMILES string of the molecule is N=C(N)NCCC[C@H](NC(=O)C(N)Cc1ccc2ccccc2c1)C(=O)N[C@@H](Cc1c[nH]c2ccccc12)C(=O)N[C@@H](CO)C(=O)N[C@@H](Cc1cnc[nH]1)C(=O)N[C@H](CCCNC(=N)N)C(=O)N[C@@H](Cc1c[nH]c2ccccc12)C(=O)N[C@@H](Cc1ccc(C(=O)c2ccccc2)cc1)C(=O)N1CCC[C@H]1C(=O)NCOCCNC(=O)CN1CCN(CC(=O)O)CCN(CC(=O)O)CCN(CC(=O)O)CC1. The van der Waals surface area contributed by atoms with Gasteiger partial charge in [-0.1, -0.05) is 133 Å². The molecule has 140 heavy (non-hydrogen) atoms. The molecule has 0 spiro atoms. The molecule has 10 amide bonds. The fraction of sp³-hybridized carbons (Fsp3) is 0.406. The van der Waals surface area contributed by atoms with Gasteiger partial charge in [0.05, 0.1) is 51.8 Å². The van der Waals surface area contributed by atoms with Gasteiger partial charge in [-0.25, -0.2) is 4.98 Å². The molecule has 9 atom stereocenters. The van der Waals surface area contributed by atoms with Crippen LogP contribution in [0.4, 0.5) is 0 Å². The summed E-state index contributed by atoms with van der Waals surface area (Å²) in [7, 11) is 0. The van der Waals surface area contributed by atoms with Crippen LogP contribution in [0, 0.1) is 10.8 Å². The topological polar surface area (TPSA) is 664 Å². The second-order valence-corrected chi connectivity index (χ2v) is 34.5. The van der Waals surface area contributed by atoms with E-state index in [0.29, 0.717) is 56.0 Å². The first-order valence-corrected chi connectivity index (χ1v) is 46.3. The first-order valence-electron chi connectivity index (χ1n) is 46.3. The van der Waals surface area contributed by atoms with Crippen LogP contribution >= 0.6 is 0 Å². The Morgan fingerprint density at radius 1 is 0.450 bits per heavy atom. The van der Waals surface area contributed by atoms with Gasteiger partial charge in [0.15, 0.2) is 17.7 Å². The largest absolute Gasteiger partial charge is 0.480 e. The summed E-state index contributed by atoms with van der Waals surface area (Å²) < 4.78 is 5.76. The van der Waals surface area contributed by atoms with E-state index in [4.69, 9.17) is 32.8 Å². The molecule has 44 heteroatoms. The Kier molecular flexibility index (Phi) is 39.9. The molecule has 1 unspecified atom stereocenters. The number of nitrogens with zero attached hydrogens (tertiary/aromatic N) is 6. The number of fused-ring (bicyclic) bond motifs is 3. The Hall–Kier alpha value is -15.1. The molecule has 26 N–H and O–H groups in total. The van der Waals surface area contributed by atoms with Crippen LogP contribution in [0.2, 0.25) is 0 Å². The average Bonchev–Trinajstić information content (AvgIpc) is 1.65. The molecule has 0 radical (unpaired) electrons. The summed E-state index contributed by atoms with van der Waals surface area (Å²) in [5.74, 6) is -12.7. The van der Waals surface area contributed by atoms with E-state index in [2.05, 4.69) is 78.4 Å². The molecule has 0 saturated carbocycles. The number of ketones is 1. The Morgan fingerprint density at radius 3 is 1.41 bits per heavy atom. The predicted molar refractivity (Wildman–Crippen MR) is 516 cm³/mol. The third-order valence-electron chi connectivity index (χ3n) is 24.2. The number of para-hydroxylation sites is 2. The lowest BCUT2D eigenvalue weighted by Crippen LogP contribution is -2.61. The van der Waals surface area contributed by atoms with Crippen molar-refractivity contribution in [2.45, 2.75) is 125 Å². The van der Waals surface area contributed by atoms with E-state index < -0.39 is 144 Å². The number of nitrogens with two attached hydrogens (primary N) is 3. The van der Waals surface area contributed by atoms with Crippen molar-refractivity contribution in [3.63, 3.8) is 0 Å². The molecule has 11 rings (SSSR count). The van der Waals surface area contributed by atoms with E-state index in [1.807, 2.05) is 42.5 Å². The summed E-state index contributed by atoms with van der Waals surface area (Å²) in [5.41, 5.74) is 22.4. The van der Waals surface area contributed by atoms with Gasteiger partial charge in [0.25, 0.3) is 0 Å². The number of carbonyl (C=O) groups is 14. The number of aliphatic carboxylic acids is 3. The molecule has 2 aliphatic heterocycles. The first-order chi connectivity index (χ1) is 67.4. The van der Waals surface area contributed by atoms with Crippen molar-refractivity contribution >= 4 is 127 Å². The number of guanidine groups is 2. The van der Waals surface area contributed by atoms with E-state index >= 15 is 24.0 Å². The number of likely N-dealkylation sites (tertiary alicyclic amines) is 1. The van der Waals surface area contributed by atoms with Crippen molar-refractivity contribution < 1.29 is 92.3 Å². The standard InChI is InChI=1S/C96H123N25O19/c97-70(44-60-26-27-61-13-4-5-16-64(61)43-60)86(131)110-73(21-10-30-104-95(98)99)87(132)113-76(47-66-50-107-72-20-9-7-18-69(66)72)90(135)116-79(56-122)92(137)114-77(48-67-51-102-57-108-67)91(136)111-74(22-11-31-105-96(100)101)88(133)112-75(46-65-49-106-71-19-8-6-17-68(65)71)89(134)115-78(45-59-24-28-63(29-25-59)85(130)62-14-2-1-3-15-62)94(139)121-33-12-23-80(121)93(138)109-58-140-42-32-103-81(123)52-117-34-36-118(53-82(124)125)38-40-120(55-84(128)129)41-39-119(37-35-117)54-83(126)127/h1-9,13-20,24-29,43,49-51,57,70,73-80,106-107,122H,10-12,21-23,30-42,44-48,52-56,58,97H2,(H,102,108)(H,103,123)(H,109,138)(H,110,131)(H,111,136)(H,112,133)(H,113,132)(H,114,137)(H,115,134)(H,116,135)(H,124,125)(H,126,127)(H,128,129)(H4,98,99,104)(H4,100,101,105)/t70?,73-,74+,75-,76-,77-,78-,79-,80-/m0/s1. The molecule has 2 aliphatic rings. The smallest absolute Gasteiger partial charge is 0.317 e. The number of aromatic nitrogens is 4. The molecular weight excluding hydrogens is 1810 g/mol. The van der Waals surface area contributed by atoms with Crippen molar-refractivity contribution in [2.75, 3.05) is 125 Å². The number of rotatable bonds is 50. The van der Waals surface area contributed by atoms with Crippen molar-refractivity contribution in [3.8, 4) is 0 Å². The van der Waals surface area contributed by atoms with Gasteiger partial charge in [0.2, 0.25) is 59.1 Å². The molecule has 0 aliphatic carbocycles. The number of aromatic amines is 3. The monoisotopic (exact) mass is 1930 g/mol. The quantitative estimate of drug-likeness (QED) is 0.00656. The summed E-state index contributed by atoms with van der Waals surface area (Å²) >= 11 is 0. The Balaban J connectivity index is 0.798. The number of H-pyrrole nitrogens is 3. The lowest BCUT2D eigenvalue weighted by atomic mass is 9.98. The Bertz CT molecular complexity index is 5750. The second-order valence-electron chi connectivity index (χ2n) is 34.5. The average molecular weight is 1930 g/mol. The van der Waals surface area contributed by atoms with E-state index in [0.717, 1.165) is 16.3 Å². The maximum absolute atomic E-state index is 15.7. The number of hydrogen-bond acceptors (Lipinski definition) is 24. The number of ether oxygens (including phenoxy) is 1. The van der Waals surface area contributed by atoms with Crippen LogP contribution in [0.3, 0.4) is 0 Å². The van der Waals surface area contributed by atoms with Gasteiger partial charge in [-0.3, -0.25) is 97.5 Å². The normalized spacial score (nSPS) is 15.8. The second kappa shape index (κ2) is 53.0. The molecular formula is C96H123N25O19. The van der Waals surface area contributed by atoms with Crippen LogP contribution in [0.25, 0.3) is 32.6 Å². The van der Waals surface area contributed by atoms with Crippen molar-refractivity contribution in [3.05, 3.63) is 210 Å². The highest BCUT2D eigenvalue weighted by molar-refractivity contribution is 6.09. The minimum Gasteiger partial charge on any atom is -0.480 e. The van der Waals surface area contributed by atoms with Gasteiger partial charge in [0.1, 0.15) is 55.1 Å². The number of carbonyl (C=O) groups excluding carboxylic acids is 11. The number of imidazole rings is 1. The molecule has 746 valence electrons. The number of amides is 10. The highest BCUT2D eigenvalue weighted by Gasteiger charge is 2.41. The van der Waals surface area contributed by atoms with Crippen LogP contribution in [0.5, 0.6) is 0 Å². The van der Waals surface area contributed by atoms with Gasteiger partial charge in [0, 0.05) is 161 Å². The number of nitrogens with one attached hydrogen (secondary N) is 16. The number of aliphatic hydroxyl groups is 1. The van der Waals surface area contributed by atoms with Crippen molar-refractivity contribution in [1.82, 2.24) is 103 Å². The van der Waals surface area contributed by atoms with E-state index in [-0.39, 0.29) is 200 Å². The van der Waals surface area contributed by atoms with Crippen LogP contribution in [0.1, 0.15) is 82.4 Å². The molecule has 2 saturated heterocycles.